The van der Waals surface area contributed by atoms with Crippen molar-refractivity contribution in [1.82, 2.24) is 10.3 Å². The summed E-state index contributed by atoms with van der Waals surface area (Å²) in [5.74, 6) is -0.357. The highest BCUT2D eigenvalue weighted by Crippen LogP contribution is 2.42. The van der Waals surface area contributed by atoms with Crippen LogP contribution in [0.3, 0.4) is 0 Å². The maximum Gasteiger partial charge on any atom is 0.404 e. The Balaban J connectivity index is 2.01. The lowest BCUT2D eigenvalue weighted by atomic mass is 9.85. The van der Waals surface area contributed by atoms with Crippen LogP contribution < -0.4 is 5.32 Å². The van der Waals surface area contributed by atoms with Crippen LogP contribution in [0.15, 0.2) is 57.6 Å². The van der Waals surface area contributed by atoms with Crippen molar-refractivity contribution in [2.24, 2.45) is 5.41 Å². The van der Waals surface area contributed by atoms with Gasteiger partial charge >= 0.3 is 6.09 Å². The number of thiazole rings is 1. The second-order valence-corrected chi connectivity index (χ2v) is 11.2. The van der Waals surface area contributed by atoms with Crippen molar-refractivity contribution < 1.29 is 23.8 Å². The number of ether oxygens (including phenoxy) is 2. The zero-order valence-electron chi connectivity index (χ0n) is 19.8. The minimum Gasteiger partial charge on any atom is -0.465 e. The minimum atomic E-state index is -1.08. The van der Waals surface area contributed by atoms with Gasteiger partial charge in [0.2, 0.25) is 0 Å². The number of nitrogens with one attached hydrogen (secondary N) is 1. The monoisotopic (exact) mass is 504 g/mol. The second kappa shape index (κ2) is 11.3. The Morgan fingerprint density at radius 1 is 1.18 bits per heavy atom. The van der Waals surface area contributed by atoms with Crippen LogP contribution in [0.5, 0.6) is 0 Å². The van der Waals surface area contributed by atoms with Gasteiger partial charge in [0.05, 0.1) is 14.9 Å². The van der Waals surface area contributed by atoms with E-state index in [9.17, 15) is 14.3 Å². The van der Waals surface area contributed by atoms with Gasteiger partial charge < -0.3 is 19.9 Å². The summed E-state index contributed by atoms with van der Waals surface area (Å²) in [6, 6.07) is 14.0. The van der Waals surface area contributed by atoms with Crippen LogP contribution in [0.2, 0.25) is 0 Å². The molecule has 3 aromatic rings. The molecule has 2 N–H and O–H groups in total. The summed E-state index contributed by atoms with van der Waals surface area (Å²) in [6.45, 7) is 5.92. The Hall–Kier alpha value is -2.46. The van der Waals surface area contributed by atoms with Crippen LogP contribution in [-0.4, -0.2) is 36.4 Å². The van der Waals surface area contributed by atoms with Crippen molar-refractivity contribution in [1.29, 1.82) is 0 Å². The number of halogens is 1. The molecule has 1 unspecified atom stereocenters. The molecule has 1 amide bonds. The summed E-state index contributed by atoms with van der Waals surface area (Å²) < 4.78 is 26.3. The fraction of sp³-hybridized carbons (Fsp3) is 0.360. The highest BCUT2D eigenvalue weighted by Gasteiger charge is 2.29. The number of hydrogen-bond donors (Lipinski definition) is 2. The third kappa shape index (κ3) is 6.56. The molecule has 182 valence electrons. The quantitative estimate of drug-likeness (QED) is 0.319. The molecular weight excluding hydrogens is 475 g/mol. The lowest BCUT2D eigenvalue weighted by Crippen LogP contribution is -2.44. The molecular formula is C25H29FN2O4S2. The van der Waals surface area contributed by atoms with E-state index in [0.29, 0.717) is 17.7 Å². The number of hydrogen-bond acceptors (Lipinski definition) is 6. The average Bonchev–Trinajstić information content (AvgIpc) is 3.16. The van der Waals surface area contributed by atoms with E-state index in [1.807, 2.05) is 45.0 Å². The summed E-state index contributed by atoms with van der Waals surface area (Å²) >= 11 is 2.93. The fourth-order valence-corrected chi connectivity index (χ4v) is 5.83. The van der Waals surface area contributed by atoms with Gasteiger partial charge in [0.15, 0.2) is 6.29 Å². The molecule has 0 aliphatic heterocycles. The Kier molecular flexibility index (Phi) is 8.70. The van der Waals surface area contributed by atoms with E-state index < -0.39 is 12.4 Å². The molecule has 0 aliphatic rings. The number of carboxylic acid groups (broad SMARTS) is 1. The van der Waals surface area contributed by atoms with Crippen LogP contribution in [0.25, 0.3) is 11.3 Å². The summed E-state index contributed by atoms with van der Waals surface area (Å²) in [5.41, 5.74) is 1.50. The van der Waals surface area contributed by atoms with Gasteiger partial charge in [-0.25, -0.2) is 14.2 Å². The number of benzene rings is 2. The largest absolute Gasteiger partial charge is 0.465 e. The first-order chi connectivity index (χ1) is 16.1. The minimum absolute atomic E-state index is 0.320. The lowest BCUT2D eigenvalue weighted by Gasteiger charge is -2.29. The van der Waals surface area contributed by atoms with E-state index in [0.717, 1.165) is 19.7 Å². The van der Waals surface area contributed by atoms with E-state index in [4.69, 9.17) is 14.5 Å². The molecule has 0 fully saturated rings. The second-order valence-electron chi connectivity index (χ2n) is 8.77. The number of rotatable bonds is 9. The topological polar surface area (TPSA) is 80.7 Å². The molecule has 3 rings (SSSR count). The first kappa shape index (κ1) is 26.2. The smallest absolute Gasteiger partial charge is 0.404 e. The van der Waals surface area contributed by atoms with Gasteiger partial charge in [0, 0.05) is 42.7 Å². The van der Waals surface area contributed by atoms with E-state index >= 15 is 0 Å². The molecule has 0 bridgehead atoms. The van der Waals surface area contributed by atoms with Gasteiger partial charge in [-0.15, -0.1) is 11.3 Å². The Morgan fingerprint density at radius 3 is 2.50 bits per heavy atom. The number of carbonyl (C=O) groups is 1. The van der Waals surface area contributed by atoms with Crippen LogP contribution >= 0.6 is 23.1 Å². The Morgan fingerprint density at radius 2 is 1.88 bits per heavy atom. The maximum absolute atomic E-state index is 14.7. The van der Waals surface area contributed by atoms with Crippen molar-refractivity contribution in [3.05, 3.63) is 64.9 Å². The molecule has 2 aromatic carbocycles. The Labute approximate surface area is 207 Å². The summed E-state index contributed by atoms with van der Waals surface area (Å²) in [5, 5.41) is 12.6. The van der Waals surface area contributed by atoms with Gasteiger partial charge in [-0.1, -0.05) is 56.8 Å². The van der Waals surface area contributed by atoms with Crippen molar-refractivity contribution >= 4 is 29.2 Å². The van der Waals surface area contributed by atoms with Gasteiger partial charge in [0.1, 0.15) is 5.82 Å². The summed E-state index contributed by atoms with van der Waals surface area (Å²) in [7, 11) is 3.16. The first-order valence-corrected chi connectivity index (χ1v) is 12.3. The van der Waals surface area contributed by atoms with Gasteiger partial charge in [-0.3, -0.25) is 0 Å². The third-order valence-corrected chi connectivity index (χ3v) is 7.50. The van der Waals surface area contributed by atoms with Crippen molar-refractivity contribution in [3.63, 3.8) is 0 Å². The first-order valence-electron chi connectivity index (χ1n) is 10.7. The lowest BCUT2D eigenvalue weighted by molar-refractivity contribution is -0.106. The van der Waals surface area contributed by atoms with Crippen LogP contribution in [0.4, 0.5) is 9.18 Å². The third-order valence-electron chi connectivity index (χ3n) is 5.26. The summed E-state index contributed by atoms with van der Waals surface area (Å²) in [4.78, 5) is 17.1. The zero-order chi connectivity index (χ0) is 24.9. The van der Waals surface area contributed by atoms with Gasteiger partial charge in [-0.2, -0.15) is 0 Å². The molecule has 0 aliphatic carbocycles. The molecule has 34 heavy (non-hydrogen) atoms. The highest BCUT2D eigenvalue weighted by atomic mass is 32.2. The molecule has 0 saturated heterocycles. The average molecular weight is 505 g/mol. The standard InChI is InChI=1S/C25H29FN2O4S2/c1-25(2,3)19(27-24(29)30)14-20-28-21(17-11-6-7-12-18(17)26)23(34-20)33-16-10-8-9-15(13-16)22(31-4)32-5/h6-13,19,22,27H,14H2,1-5H3,(H,29,30). The highest BCUT2D eigenvalue weighted by molar-refractivity contribution is 8.01. The molecule has 1 heterocycles. The van der Waals surface area contributed by atoms with Crippen molar-refractivity contribution in [2.75, 3.05) is 14.2 Å². The molecule has 1 atom stereocenters. The number of aromatic nitrogens is 1. The van der Waals surface area contributed by atoms with E-state index in [-0.39, 0.29) is 17.3 Å². The predicted octanol–water partition coefficient (Wildman–Crippen LogP) is 6.62. The number of methoxy groups -OCH3 is 2. The SMILES string of the molecule is COC(OC)c1cccc(Sc2sc(CC(NC(=O)O)C(C)(C)C)nc2-c2ccccc2F)c1. The van der Waals surface area contributed by atoms with Crippen LogP contribution in [0, 0.1) is 11.2 Å². The zero-order valence-corrected chi connectivity index (χ0v) is 21.4. The van der Waals surface area contributed by atoms with E-state index in [1.165, 1.54) is 29.2 Å². The predicted molar refractivity (Wildman–Crippen MR) is 133 cm³/mol. The van der Waals surface area contributed by atoms with E-state index in [2.05, 4.69) is 5.32 Å². The number of nitrogens with zero attached hydrogens (tertiary/aromatic N) is 1. The summed E-state index contributed by atoms with van der Waals surface area (Å²) in [6.07, 6.45) is -1.17. The molecule has 0 saturated carbocycles. The fourth-order valence-electron chi connectivity index (χ4n) is 3.43. The molecule has 9 heteroatoms. The van der Waals surface area contributed by atoms with Crippen LogP contribution in [0.1, 0.15) is 37.6 Å². The van der Waals surface area contributed by atoms with E-state index in [1.54, 1.807) is 32.4 Å². The van der Waals surface area contributed by atoms with Crippen LogP contribution in [-0.2, 0) is 15.9 Å². The molecule has 0 spiro atoms. The number of amides is 1. The molecule has 6 nitrogen and oxygen atoms in total. The van der Waals surface area contributed by atoms with Gasteiger partial charge in [0.25, 0.3) is 0 Å². The molecule has 0 radical (unpaired) electrons. The van der Waals surface area contributed by atoms with Crippen molar-refractivity contribution in [3.8, 4) is 11.3 Å². The normalized spacial score (nSPS) is 12.7. The Bertz CT molecular complexity index is 1130. The molecule has 1 aromatic heterocycles. The maximum atomic E-state index is 14.7. The van der Waals surface area contributed by atoms with Crippen molar-refractivity contribution in [2.45, 2.75) is 48.6 Å². The van der Waals surface area contributed by atoms with Gasteiger partial charge in [-0.05, 0) is 29.7 Å².